The summed E-state index contributed by atoms with van der Waals surface area (Å²) in [5.41, 5.74) is 2.63. The molecule has 0 atom stereocenters. The smallest absolute Gasteiger partial charge is 0.230 e. The summed E-state index contributed by atoms with van der Waals surface area (Å²) < 4.78 is 12.5. The molecule has 0 bridgehead atoms. The predicted octanol–water partition coefficient (Wildman–Crippen LogP) is 5.40. The second-order valence-electron chi connectivity index (χ2n) is 5.85. The molecule has 3 rings (SSSR count). The van der Waals surface area contributed by atoms with Gasteiger partial charge in [0.15, 0.2) is 0 Å². The van der Waals surface area contributed by atoms with Gasteiger partial charge in [-0.05, 0) is 42.0 Å². The molecule has 1 heterocycles. The molecule has 2 aromatic carbocycles. The van der Waals surface area contributed by atoms with Gasteiger partial charge in [-0.3, -0.25) is 4.79 Å². The summed E-state index contributed by atoms with van der Waals surface area (Å²) in [6.45, 7) is 0. The Kier molecular flexibility index (Phi) is 7.36. The Morgan fingerprint density at radius 2 is 1.82 bits per heavy atom. The van der Waals surface area contributed by atoms with Crippen molar-refractivity contribution in [2.24, 2.45) is 0 Å². The molecule has 0 radical (unpaired) electrons. The number of thioether (sulfide) groups is 1. The van der Waals surface area contributed by atoms with Crippen LogP contribution in [-0.4, -0.2) is 25.1 Å². The lowest BCUT2D eigenvalue weighted by Gasteiger charge is -2.07. The highest BCUT2D eigenvalue weighted by molar-refractivity contribution is 9.10. The third-order valence-electron chi connectivity index (χ3n) is 3.77. The van der Waals surface area contributed by atoms with Crippen LogP contribution in [0.25, 0.3) is 0 Å². The molecule has 0 saturated carbocycles. The maximum Gasteiger partial charge on any atom is 0.230 e. The van der Waals surface area contributed by atoms with Gasteiger partial charge in [-0.15, -0.1) is 11.3 Å². The first-order valence-electron chi connectivity index (χ1n) is 8.40. The second-order valence-corrected chi connectivity index (χ2v) is 8.84. The molecular formula is C20H19BrN2O3S2. The molecule has 1 aromatic heterocycles. The van der Waals surface area contributed by atoms with Crippen LogP contribution in [0.5, 0.6) is 11.5 Å². The van der Waals surface area contributed by atoms with E-state index in [1.807, 2.05) is 47.8 Å². The zero-order chi connectivity index (χ0) is 19.9. The lowest BCUT2D eigenvalue weighted by Crippen LogP contribution is -2.14. The molecule has 0 aliphatic heterocycles. The normalized spacial score (nSPS) is 10.5. The van der Waals surface area contributed by atoms with E-state index in [4.69, 9.17) is 9.47 Å². The van der Waals surface area contributed by atoms with Crippen molar-refractivity contribution in [2.75, 3.05) is 19.5 Å². The molecule has 0 saturated heterocycles. The van der Waals surface area contributed by atoms with Gasteiger partial charge < -0.3 is 14.8 Å². The fourth-order valence-corrected chi connectivity index (χ4v) is 4.47. The van der Waals surface area contributed by atoms with Crippen LogP contribution >= 0.6 is 39.0 Å². The van der Waals surface area contributed by atoms with Crippen LogP contribution < -0.4 is 14.8 Å². The molecule has 0 fully saturated rings. The first-order chi connectivity index (χ1) is 13.6. The van der Waals surface area contributed by atoms with Gasteiger partial charge in [0.25, 0.3) is 0 Å². The van der Waals surface area contributed by atoms with Crippen molar-refractivity contribution in [1.29, 1.82) is 0 Å². The van der Waals surface area contributed by atoms with Crippen LogP contribution in [0.15, 0.2) is 56.7 Å². The Hall–Kier alpha value is -2.03. The molecule has 146 valence electrons. The lowest BCUT2D eigenvalue weighted by molar-refractivity contribution is -0.115. The second kappa shape index (κ2) is 9.95. The average Bonchev–Trinajstić information content (AvgIpc) is 3.15. The highest BCUT2D eigenvalue weighted by Crippen LogP contribution is 2.30. The van der Waals surface area contributed by atoms with Crippen molar-refractivity contribution < 1.29 is 14.3 Å². The maximum atomic E-state index is 12.2. The molecule has 1 amide bonds. The van der Waals surface area contributed by atoms with Crippen molar-refractivity contribution in [2.45, 2.75) is 16.5 Å². The van der Waals surface area contributed by atoms with E-state index in [1.165, 1.54) is 0 Å². The lowest BCUT2D eigenvalue weighted by atomic mass is 10.2. The first kappa shape index (κ1) is 20.7. The topological polar surface area (TPSA) is 60.5 Å². The number of aromatic nitrogens is 1. The van der Waals surface area contributed by atoms with Crippen LogP contribution in [0.3, 0.4) is 0 Å². The Morgan fingerprint density at radius 1 is 1.14 bits per heavy atom. The third-order valence-corrected chi connectivity index (χ3v) is 6.44. The molecule has 0 aliphatic rings. The number of ether oxygens (including phenoxy) is 2. The largest absolute Gasteiger partial charge is 0.497 e. The Bertz CT molecular complexity index is 923. The van der Waals surface area contributed by atoms with Crippen molar-refractivity contribution in [3.05, 3.63) is 63.6 Å². The summed E-state index contributed by atoms with van der Waals surface area (Å²) in [4.78, 5) is 16.8. The summed E-state index contributed by atoms with van der Waals surface area (Å²) >= 11 is 6.54. The SMILES string of the molecule is COc1cc(CSc2nc(CC(=O)Nc3ccc(Br)cc3)cs2)cc(OC)c1. The van der Waals surface area contributed by atoms with E-state index in [-0.39, 0.29) is 12.3 Å². The van der Waals surface area contributed by atoms with Crippen LogP contribution in [0.2, 0.25) is 0 Å². The highest BCUT2D eigenvalue weighted by Gasteiger charge is 2.10. The number of anilines is 1. The van der Waals surface area contributed by atoms with Crippen molar-refractivity contribution >= 4 is 50.6 Å². The zero-order valence-electron chi connectivity index (χ0n) is 15.4. The zero-order valence-corrected chi connectivity index (χ0v) is 18.6. The Labute approximate surface area is 180 Å². The van der Waals surface area contributed by atoms with E-state index in [9.17, 15) is 4.79 Å². The summed E-state index contributed by atoms with van der Waals surface area (Å²) in [5, 5.41) is 4.81. The minimum atomic E-state index is -0.0818. The van der Waals surface area contributed by atoms with Crippen LogP contribution in [0, 0.1) is 0 Å². The van der Waals surface area contributed by atoms with Crippen molar-refractivity contribution in [3.63, 3.8) is 0 Å². The molecule has 0 spiro atoms. The van der Waals surface area contributed by atoms with Crippen LogP contribution in [-0.2, 0) is 17.0 Å². The maximum absolute atomic E-state index is 12.2. The van der Waals surface area contributed by atoms with E-state index in [0.717, 1.165) is 43.0 Å². The number of nitrogens with one attached hydrogen (secondary N) is 1. The number of hydrogen-bond donors (Lipinski definition) is 1. The molecule has 0 unspecified atom stereocenters. The van der Waals surface area contributed by atoms with Crippen molar-refractivity contribution in [1.82, 2.24) is 4.98 Å². The molecule has 5 nitrogen and oxygen atoms in total. The van der Waals surface area contributed by atoms with Gasteiger partial charge in [-0.2, -0.15) is 0 Å². The number of rotatable bonds is 8. The fraction of sp³-hybridized carbons (Fsp3) is 0.200. The summed E-state index contributed by atoms with van der Waals surface area (Å²) in [6.07, 6.45) is 0.250. The van der Waals surface area contributed by atoms with Gasteiger partial charge in [-0.25, -0.2) is 4.98 Å². The molecule has 3 aromatic rings. The number of amides is 1. The first-order valence-corrected chi connectivity index (χ1v) is 11.1. The minimum Gasteiger partial charge on any atom is -0.497 e. The van der Waals surface area contributed by atoms with Gasteiger partial charge >= 0.3 is 0 Å². The minimum absolute atomic E-state index is 0.0818. The molecule has 1 N–H and O–H groups in total. The number of thiazole rings is 1. The fourth-order valence-electron chi connectivity index (χ4n) is 2.43. The van der Waals surface area contributed by atoms with Crippen molar-refractivity contribution in [3.8, 4) is 11.5 Å². The molecular weight excluding hydrogens is 460 g/mol. The van der Waals surface area contributed by atoms with E-state index < -0.39 is 0 Å². The van der Waals surface area contributed by atoms with Gasteiger partial charge in [0.05, 0.1) is 26.3 Å². The summed E-state index contributed by atoms with van der Waals surface area (Å²) in [7, 11) is 3.27. The molecule has 0 aliphatic carbocycles. The van der Waals surface area contributed by atoms with Gasteiger partial charge in [0.2, 0.25) is 5.91 Å². The van der Waals surface area contributed by atoms with E-state index in [1.54, 1.807) is 37.3 Å². The van der Waals surface area contributed by atoms with Crippen LogP contribution in [0.4, 0.5) is 5.69 Å². The number of methoxy groups -OCH3 is 2. The van der Waals surface area contributed by atoms with Gasteiger partial charge in [0.1, 0.15) is 15.8 Å². The van der Waals surface area contributed by atoms with Crippen LogP contribution in [0.1, 0.15) is 11.3 Å². The Balaban J connectivity index is 1.55. The Morgan fingerprint density at radius 3 is 2.46 bits per heavy atom. The van der Waals surface area contributed by atoms with Gasteiger partial charge in [-0.1, -0.05) is 27.7 Å². The van der Waals surface area contributed by atoms with Gasteiger partial charge in [0, 0.05) is 27.4 Å². The number of hydrogen-bond acceptors (Lipinski definition) is 6. The highest BCUT2D eigenvalue weighted by atomic mass is 79.9. The average molecular weight is 479 g/mol. The summed E-state index contributed by atoms with van der Waals surface area (Å²) in [5.74, 6) is 2.19. The number of benzene rings is 2. The number of carbonyl (C=O) groups is 1. The third kappa shape index (κ3) is 5.98. The molecule has 8 heteroatoms. The number of carbonyl (C=O) groups excluding carboxylic acids is 1. The van der Waals surface area contributed by atoms with E-state index in [2.05, 4.69) is 26.2 Å². The number of nitrogens with zero attached hydrogens (tertiary/aromatic N) is 1. The van der Waals surface area contributed by atoms with E-state index in [0.29, 0.717) is 0 Å². The summed E-state index contributed by atoms with van der Waals surface area (Å²) in [6, 6.07) is 13.3. The standard InChI is InChI=1S/C20H19BrN2O3S2/c1-25-17-7-13(8-18(10-17)26-2)11-27-20-23-16(12-28-20)9-19(24)22-15-5-3-14(21)4-6-15/h3-8,10,12H,9,11H2,1-2H3,(H,22,24). The predicted molar refractivity (Wildman–Crippen MR) is 118 cm³/mol. The number of halogens is 1. The van der Waals surface area contributed by atoms with E-state index >= 15 is 0 Å². The molecule has 28 heavy (non-hydrogen) atoms. The quantitative estimate of drug-likeness (QED) is 0.439. The monoisotopic (exact) mass is 478 g/mol.